The van der Waals surface area contributed by atoms with Crippen molar-refractivity contribution in [2.45, 2.75) is 77.0 Å². The molecule has 6 fully saturated rings. The van der Waals surface area contributed by atoms with Crippen LogP contribution in [0, 0.1) is 0 Å². The Labute approximate surface area is 247 Å². The van der Waals surface area contributed by atoms with E-state index < -0.39 is 20.7 Å². The number of halogens is 3. The number of nitrogens with zero attached hydrogens (tertiary/aromatic N) is 6. The van der Waals surface area contributed by atoms with Crippen LogP contribution in [0.2, 0.25) is 0 Å². The van der Waals surface area contributed by atoms with E-state index in [-0.39, 0.29) is 0 Å². The Kier molecular flexibility index (Phi) is 9.25. The van der Waals surface area contributed by atoms with E-state index in [4.69, 9.17) is 8.62 Å². The van der Waals surface area contributed by atoms with Crippen molar-refractivity contribution in [3.05, 3.63) is 0 Å². The van der Waals surface area contributed by atoms with E-state index in [1.54, 1.807) is 0 Å². The Hall–Kier alpha value is 1.86. The summed E-state index contributed by atoms with van der Waals surface area (Å²) < 4.78 is 46.6. The SMILES string of the molecule is FP(OP(Br)(N1CCCC1)(N1CCCC1)N1CCCC1)OP(Br)(N1CCCC1)(N1CCCC1)N1CCCC1. The fourth-order valence-electron chi connectivity index (χ4n) is 7.84. The van der Waals surface area contributed by atoms with E-state index in [0.29, 0.717) is 0 Å². The van der Waals surface area contributed by atoms with Crippen LogP contribution in [-0.2, 0) is 8.62 Å². The predicted octanol–water partition coefficient (Wildman–Crippen LogP) is 7.84. The third-order valence-electron chi connectivity index (χ3n) is 9.76. The average Bonchev–Trinajstić information content (AvgIpc) is 3.81. The van der Waals surface area contributed by atoms with E-state index in [1.807, 2.05) is 0 Å². The molecule has 0 aromatic heterocycles. The summed E-state index contributed by atoms with van der Waals surface area (Å²) in [6, 6.07) is 0. The van der Waals surface area contributed by atoms with Crippen LogP contribution in [0.3, 0.4) is 0 Å². The number of rotatable bonds is 10. The standard InChI is InChI=1S/C24H48Br2FN6O2P3/c25-37(28-13-1-2-14-28,29-15-3-4-16-29,30-17-5-6-18-30)34-36(27)35-38(26,31-19-7-8-20-31,32-21-9-10-22-32)33-23-11-12-24-33/h1-24H2. The Morgan fingerprint density at radius 3 is 0.711 bits per heavy atom. The van der Waals surface area contributed by atoms with Crippen molar-refractivity contribution in [3.8, 4) is 0 Å². The molecule has 0 spiro atoms. The van der Waals surface area contributed by atoms with Gasteiger partial charge in [0.15, 0.2) is 0 Å². The molecule has 0 radical (unpaired) electrons. The average molecular weight is 724 g/mol. The molecule has 8 nitrogen and oxygen atoms in total. The summed E-state index contributed by atoms with van der Waals surface area (Å²) in [4.78, 5) is 0. The first-order valence-corrected chi connectivity index (χ1v) is 24.4. The second kappa shape index (κ2) is 11.7. The van der Waals surface area contributed by atoms with Crippen molar-refractivity contribution in [2.75, 3.05) is 78.5 Å². The topological polar surface area (TPSA) is 37.9 Å². The van der Waals surface area contributed by atoms with Crippen molar-refractivity contribution in [1.82, 2.24) is 28.0 Å². The Bertz CT molecular complexity index is 681. The van der Waals surface area contributed by atoms with Gasteiger partial charge in [-0.3, -0.25) is 0 Å². The van der Waals surface area contributed by atoms with Crippen molar-refractivity contribution < 1.29 is 12.8 Å². The van der Waals surface area contributed by atoms with Gasteiger partial charge in [0.25, 0.3) is 0 Å². The molecule has 6 heterocycles. The zero-order chi connectivity index (χ0) is 26.3. The van der Waals surface area contributed by atoms with Gasteiger partial charge in [0, 0.05) is 0 Å². The van der Waals surface area contributed by atoms with E-state index in [1.165, 1.54) is 0 Å². The quantitative estimate of drug-likeness (QED) is 0.211. The van der Waals surface area contributed by atoms with E-state index >= 15 is 4.20 Å². The Morgan fingerprint density at radius 1 is 0.395 bits per heavy atom. The van der Waals surface area contributed by atoms with Gasteiger partial charge in [-0.1, -0.05) is 0 Å². The fourth-order valence-corrected chi connectivity index (χ4v) is 27.9. The molecule has 0 aromatic rings. The number of hydrogen-bond acceptors (Lipinski definition) is 8. The van der Waals surface area contributed by atoms with Gasteiger partial charge in [-0.05, 0) is 0 Å². The predicted molar refractivity (Wildman–Crippen MR) is 167 cm³/mol. The van der Waals surface area contributed by atoms with Crippen LogP contribution >= 0.6 is 51.6 Å². The van der Waals surface area contributed by atoms with Crippen molar-refractivity contribution in [1.29, 1.82) is 0 Å². The fraction of sp³-hybridized carbons (Fsp3) is 1.00. The van der Waals surface area contributed by atoms with Crippen LogP contribution in [0.15, 0.2) is 0 Å². The molecule has 38 heavy (non-hydrogen) atoms. The van der Waals surface area contributed by atoms with Crippen molar-refractivity contribution >= 4 is 51.6 Å². The monoisotopic (exact) mass is 722 g/mol. The molecule has 0 atom stereocenters. The molecule has 0 aliphatic carbocycles. The molecule has 0 amide bonds. The molecule has 0 unspecified atom stereocenters. The van der Waals surface area contributed by atoms with Crippen LogP contribution in [0.5, 0.6) is 0 Å². The Morgan fingerprint density at radius 2 is 0.553 bits per heavy atom. The van der Waals surface area contributed by atoms with Gasteiger partial charge in [-0.25, -0.2) is 0 Å². The van der Waals surface area contributed by atoms with Gasteiger partial charge in [0.1, 0.15) is 0 Å². The van der Waals surface area contributed by atoms with Crippen LogP contribution in [0.4, 0.5) is 4.20 Å². The van der Waals surface area contributed by atoms with Gasteiger partial charge in [-0.2, -0.15) is 0 Å². The molecular weight excluding hydrogens is 676 g/mol. The molecule has 0 saturated carbocycles. The third-order valence-corrected chi connectivity index (χ3v) is 31.5. The molecule has 0 N–H and O–H groups in total. The van der Waals surface area contributed by atoms with E-state index in [9.17, 15) is 0 Å². The first-order valence-electron chi connectivity index (χ1n) is 15.2. The van der Waals surface area contributed by atoms with Gasteiger partial charge in [0.05, 0.1) is 0 Å². The van der Waals surface area contributed by atoms with E-state index in [2.05, 4.69) is 59.0 Å². The molecule has 14 heteroatoms. The summed E-state index contributed by atoms with van der Waals surface area (Å²) >= 11 is 8.78. The minimum atomic E-state index is -3.55. The van der Waals surface area contributed by atoms with Gasteiger partial charge in [0.2, 0.25) is 0 Å². The molecule has 6 aliphatic heterocycles. The number of hydrogen-bond donors (Lipinski definition) is 0. The zero-order valence-corrected chi connectivity index (χ0v) is 28.8. The Balaban J connectivity index is 1.40. The van der Waals surface area contributed by atoms with Crippen molar-refractivity contribution in [3.63, 3.8) is 0 Å². The summed E-state index contributed by atoms with van der Waals surface area (Å²) in [5.74, 6) is -7.09. The van der Waals surface area contributed by atoms with Crippen LogP contribution in [0.1, 0.15) is 77.0 Å². The van der Waals surface area contributed by atoms with E-state index in [0.717, 1.165) is 156 Å². The summed E-state index contributed by atoms with van der Waals surface area (Å²) in [5, 5.41) is 0. The molecule has 0 aromatic carbocycles. The minimum absolute atomic E-state index is 0.960. The molecule has 222 valence electrons. The van der Waals surface area contributed by atoms with Crippen LogP contribution < -0.4 is 0 Å². The van der Waals surface area contributed by atoms with Crippen LogP contribution in [-0.4, -0.2) is 107 Å². The second-order valence-electron chi connectivity index (χ2n) is 12.0. The van der Waals surface area contributed by atoms with Crippen LogP contribution in [0.25, 0.3) is 0 Å². The molecule has 6 saturated heterocycles. The van der Waals surface area contributed by atoms with Gasteiger partial charge < -0.3 is 0 Å². The summed E-state index contributed by atoms with van der Waals surface area (Å²) in [7, 11) is -2.68. The summed E-state index contributed by atoms with van der Waals surface area (Å²) in [6.07, 6.45) is 13.7. The van der Waals surface area contributed by atoms with Gasteiger partial charge >= 0.3 is 248 Å². The third kappa shape index (κ3) is 4.77. The molecule has 6 rings (SSSR count). The summed E-state index contributed by atoms with van der Waals surface area (Å²) in [5.41, 5.74) is 0. The first-order chi connectivity index (χ1) is 18.4. The normalized spacial score (nSPS) is 31.2. The molecular formula is C24H48Br2FN6O2P3. The second-order valence-corrected chi connectivity index (χ2v) is 27.8. The van der Waals surface area contributed by atoms with Crippen molar-refractivity contribution in [2.24, 2.45) is 0 Å². The van der Waals surface area contributed by atoms with Gasteiger partial charge in [-0.15, -0.1) is 0 Å². The zero-order valence-electron chi connectivity index (χ0n) is 22.9. The first kappa shape index (κ1) is 29.9. The summed E-state index contributed by atoms with van der Waals surface area (Å²) in [6.45, 7) is 11.5. The maximum atomic E-state index is 17.3. The maximum absolute atomic E-state index is 17.3. The molecule has 6 aliphatic rings. The molecule has 0 bridgehead atoms.